The second-order valence-corrected chi connectivity index (χ2v) is 7.31. The molecule has 8 nitrogen and oxygen atoms in total. The number of hydrogen-bond donors (Lipinski definition) is 2. The molecule has 1 aromatic rings. The van der Waals surface area contributed by atoms with Gasteiger partial charge in [0.25, 0.3) is 5.69 Å². The van der Waals surface area contributed by atoms with Gasteiger partial charge in [0.1, 0.15) is 11.6 Å². The van der Waals surface area contributed by atoms with Crippen LogP contribution in [0.5, 0.6) is 0 Å². The molecular formula is C11H16N4O4S. The zero-order chi connectivity index (χ0) is 15.0. The van der Waals surface area contributed by atoms with Gasteiger partial charge >= 0.3 is 0 Å². The number of sulfone groups is 1. The lowest BCUT2D eigenvalue weighted by Crippen LogP contribution is -2.36. The van der Waals surface area contributed by atoms with Gasteiger partial charge in [-0.3, -0.25) is 10.1 Å². The first-order valence-electron chi connectivity index (χ1n) is 6.06. The van der Waals surface area contributed by atoms with Crippen molar-refractivity contribution in [1.82, 2.24) is 4.98 Å². The van der Waals surface area contributed by atoms with Gasteiger partial charge in [0.15, 0.2) is 9.84 Å². The van der Waals surface area contributed by atoms with Crippen LogP contribution in [-0.4, -0.2) is 42.4 Å². The standard InChI is InChI=1S/C11H16N4O4S/c1-11(3-4-20(18,19)7-11)14-10-6-8(15(16)17)5-9(12-2)13-10/h5-6H,3-4,7H2,1-2H3,(H2,12,13,14). The first-order chi connectivity index (χ1) is 9.23. The normalized spacial score (nSPS) is 24.3. The van der Waals surface area contributed by atoms with Gasteiger partial charge in [0.05, 0.1) is 34.1 Å². The first-order valence-corrected chi connectivity index (χ1v) is 7.88. The number of anilines is 2. The summed E-state index contributed by atoms with van der Waals surface area (Å²) in [7, 11) is -1.45. The number of rotatable bonds is 4. The van der Waals surface area contributed by atoms with Crippen molar-refractivity contribution in [1.29, 1.82) is 0 Å². The molecule has 0 saturated carbocycles. The van der Waals surface area contributed by atoms with Crippen LogP contribution in [-0.2, 0) is 9.84 Å². The average molecular weight is 300 g/mol. The van der Waals surface area contributed by atoms with Crippen molar-refractivity contribution in [2.45, 2.75) is 18.9 Å². The molecule has 0 radical (unpaired) electrons. The highest BCUT2D eigenvalue weighted by Crippen LogP contribution is 2.29. The van der Waals surface area contributed by atoms with Crippen LogP contribution in [0.4, 0.5) is 17.3 Å². The third-order valence-corrected chi connectivity index (χ3v) is 5.11. The minimum Gasteiger partial charge on any atom is -0.373 e. The van der Waals surface area contributed by atoms with Gasteiger partial charge in [-0.25, -0.2) is 13.4 Å². The smallest absolute Gasteiger partial charge is 0.276 e. The Morgan fingerprint density at radius 1 is 1.40 bits per heavy atom. The Bertz CT molecular complexity index is 646. The summed E-state index contributed by atoms with van der Waals surface area (Å²) in [4.78, 5) is 14.5. The Kier molecular flexibility index (Phi) is 3.55. The van der Waals surface area contributed by atoms with Crippen molar-refractivity contribution < 1.29 is 13.3 Å². The highest BCUT2D eigenvalue weighted by molar-refractivity contribution is 7.91. The Labute approximate surface area is 116 Å². The molecule has 1 aromatic heterocycles. The monoisotopic (exact) mass is 300 g/mol. The fourth-order valence-corrected chi connectivity index (χ4v) is 4.33. The predicted molar refractivity (Wildman–Crippen MR) is 75.7 cm³/mol. The molecule has 1 saturated heterocycles. The molecular weight excluding hydrogens is 284 g/mol. The molecule has 1 aliphatic heterocycles. The lowest BCUT2D eigenvalue weighted by molar-refractivity contribution is -0.384. The summed E-state index contributed by atoms with van der Waals surface area (Å²) in [5, 5.41) is 16.6. The summed E-state index contributed by atoms with van der Waals surface area (Å²) in [6.07, 6.45) is 0.453. The third-order valence-electron chi connectivity index (χ3n) is 3.21. The predicted octanol–water partition coefficient (Wildman–Crippen LogP) is 1.02. The minimum atomic E-state index is -3.06. The van der Waals surface area contributed by atoms with Gasteiger partial charge in [0.2, 0.25) is 0 Å². The molecule has 1 unspecified atom stereocenters. The van der Waals surface area contributed by atoms with Gasteiger partial charge in [-0.05, 0) is 13.3 Å². The molecule has 0 aromatic carbocycles. The largest absolute Gasteiger partial charge is 0.373 e. The van der Waals surface area contributed by atoms with Crippen molar-refractivity contribution in [3.8, 4) is 0 Å². The van der Waals surface area contributed by atoms with Crippen LogP contribution < -0.4 is 10.6 Å². The van der Waals surface area contributed by atoms with Gasteiger partial charge in [0, 0.05) is 7.05 Å². The number of pyridine rings is 1. The van der Waals surface area contributed by atoms with Gasteiger partial charge in [-0.15, -0.1) is 0 Å². The van der Waals surface area contributed by atoms with Crippen molar-refractivity contribution >= 4 is 27.2 Å². The second-order valence-electron chi connectivity index (χ2n) is 5.13. The third kappa shape index (κ3) is 3.16. The summed E-state index contributed by atoms with van der Waals surface area (Å²) < 4.78 is 23.1. The van der Waals surface area contributed by atoms with Crippen molar-refractivity contribution in [2.75, 3.05) is 29.2 Å². The Balaban J connectivity index is 2.29. The highest BCUT2D eigenvalue weighted by atomic mass is 32.2. The molecule has 1 fully saturated rings. The van der Waals surface area contributed by atoms with E-state index in [1.54, 1.807) is 14.0 Å². The summed E-state index contributed by atoms with van der Waals surface area (Å²) in [6, 6.07) is 2.62. The minimum absolute atomic E-state index is 0.000735. The van der Waals surface area contributed by atoms with E-state index in [1.165, 1.54) is 12.1 Å². The molecule has 0 bridgehead atoms. The highest BCUT2D eigenvalue weighted by Gasteiger charge is 2.38. The number of aromatic nitrogens is 1. The maximum atomic E-state index is 11.6. The van der Waals surface area contributed by atoms with Crippen LogP contribution in [0.1, 0.15) is 13.3 Å². The molecule has 20 heavy (non-hydrogen) atoms. The van der Waals surface area contributed by atoms with Gasteiger partial charge in [-0.2, -0.15) is 0 Å². The molecule has 2 rings (SSSR count). The van der Waals surface area contributed by atoms with E-state index in [0.29, 0.717) is 18.1 Å². The Morgan fingerprint density at radius 2 is 2.05 bits per heavy atom. The molecule has 2 N–H and O–H groups in total. The molecule has 0 spiro atoms. The first kappa shape index (κ1) is 14.5. The van der Waals surface area contributed by atoms with E-state index < -0.39 is 20.3 Å². The lowest BCUT2D eigenvalue weighted by Gasteiger charge is -2.24. The number of nitro groups is 1. The van der Waals surface area contributed by atoms with E-state index in [2.05, 4.69) is 15.6 Å². The topological polar surface area (TPSA) is 114 Å². The quantitative estimate of drug-likeness (QED) is 0.630. The Hall–Kier alpha value is -1.90. The summed E-state index contributed by atoms with van der Waals surface area (Å²) >= 11 is 0. The summed E-state index contributed by atoms with van der Waals surface area (Å²) in [5.41, 5.74) is -0.747. The van der Waals surface area contributed by atoms with Crippen molar-refractivity contribution in [3.05, 3.63) is 22.2 Å². The SMILES string of the molecule is CNc1cc([N+](=O)[O-])cc(NC2(C)CCS(=O)(=O)C2)n1. The van der Waals surface area contributed by atoms with E-state index in [9.17, 15) is 18.5 Å². The maximum absolute atomic E-state index is 11.6. The maximum Gasteiger partial charge on any atom is 0.276 e. The number of hydrogen-bond acceptors (Lipinski definition) is 7. The molecule has 1 atom stereocenters. The van der Waals surface area contributed by atoms with E-state index in [-0.39, 0.29) is 17.2 Å². The van der Waals surface area contributed by atoms with Crippen LogP contribution >= 0.6 is 0 Å². The molecule has 0 amide bonds. The second kappa shape index (κ2) is 4.89. The lowest BCUT2D eigenvalue weighted by atomic mass is 10.0. The van der Waals surface area contributed by atoms with Crippen molar-refractivity contribution in [2.24, 2.45) is 0 Å². The number of nitrogens with zero attached hydrogens (tertiary/aromatic N) is 2. The zero-order valence-corrected chi connectivity index (χ0v) is 12.0. The number of nitrogens with one attached hydrogen (secondary N) is 2. The molecule has 9 heteroatoms. The zero-order valence-electron chi connectivity index (χ0n) is 11.2. The average Bonchev–Trinajstić information content (AvgIpc) is 2.62. The Morgan fingerprint density at radius 3 is 2.55 bits per heavy atom. The van der Waals surface area contributed by atoms with Crippen LogP contribution in [0, 0.1) is 10.1 Å². The summed E-state index contributed by atoms with van der Waals surface area (Å²) in [6.45, 7) is 1.77. The van der Waals surface area contributed by atoms with Gasteiger partial charge < -0.3 is 10.6 Å². The fourth-order valence-electron chi connectivity index (χ4n) is 2.23. The molecule has 110 valence electrons. The fraction of sp³-hybridized carbons (Fsp3) is 0.545. The van der Waals surface area contributed by atoms with Crippen LogP contribution in [0.25, 0.3) is 0 Å². The van der Waals surface area contributed by atoms with Crippen LogP contribution in [0.2, 0.25) is 0 Å². The van der Waals surface area contributed by atoms with E-state index in [0.717, 1.165) is 0 Å². The van der Waals surface area contributed by atoms with E-state index in [1.807, 2.05) is 0 Å². The van der Waals surface area contributed by atoms with Crippen molar-refractivity contribution in [3.63, 3.8) is 0 Å². The summed E-state index contributed by atoms with van der Waals surface area (Å²) in [5.74, 6) is 0.762. The van der Waals surface area contributed by atoms with E-state index in [4.69, 9.17) is 0 Å². The molecule has 0 aliphatic carbocycles. The van der Waals surface area contributed by atoms with Crippen LogP contribution in [0.15, 0.2) is 12.1 Å². The van der Waals surface area contributed by atoms with Gasteiger partial charge in [-0.1, -0.05) is 0 Å². The van der Waals surface area contributed by atoms with E-state index >= 15 is 0 Å². The molecule has 2 heterocycles. The van der Waals surface area contributed by atoms with Crippen LogP contribution in [0.3, 0.4) is 0 Å². The molecule has 1 aliphatic rings.